The number of H-pyrrole nitrogens is 2. The molecule has 0 aliphatic carbocycles. The Balaban J connectivity index is 2.30. The summed E-state index contributed by atoms with van der Waals surface area (Å²) in [5.74, 6) is 0.217. The average molecular weight is 236 g/mol. The predicted molar refractivity (Wildman–Crippen MR) is 59.9 cm³/mol. The van der Waals surface area contributed by atoms with Gasteiger partial charge < -0.3 is 0 Å². The first-order valence-corrected chi connectivity index (χ1v) is 5.47. The van der Waals surface area contributed by atoms with Crippen LogP contribution in [0.4, 0.5) is 0 Å². The molecule has 0 atom stereocenters. The topological polar surface area (TPSA) is 87.4 Å². The van der Waals surface area contributed by atoms with E-state index in [1.807, 2.05) is 15.7 Å². The molecule has 0 fully saturated rings. The molecule has 17 heavy (non-hydrogen) atoms. The van der Waals surface area contributed by atoms with Crippen molar-refractivity contribution in [1.29, 1.82) is 0 Å². The van der Waals surface area contributed by atoms with E-state index in [9.17, 15) is 9.59 Å². The second-order valence-electron chi connectivity index (χ2n) is 3.73. The van der Waals surface area contributed by atoms with Gasteiger partial charge in [-0.2, -0.15) is 4.57 Å². The Labute approximate surface area is 96.8 Å². The number of aromatic nitrogens is 5. The van der Waals surface area contributed by atoms with Crippen LogP contribution < -0.4 is 15.9 Å². The van der Waals surface area contributed by atoms with Crippen LogP contribution in [0.15, 0.2) is 28.3 Å². The number of nitrogens with zero attached hydrogens (tertiary/aromatic N) is 3. The number of imidazole rings is 1. The molecule has 2 rings (SSSR count). The molecule has 7 nitrogen and oxygen atoms in total. The SMILES string of the molecule is CCCC[n+]1ccn(-c2nc(=O)[nH]c(=O)[nH]2)c1. The van der Waals surface area contributed by atoms with E-state index in [0.717, 1.165) is 19.4 Å². The number of aromatic amines is 2. The molecular formula is C10H14N5O2+. The molecule has 2 aromatic rings. The summed E-state index contributed by atoms with van der Waals surface area (Å²) < 4.78 is 3.58. The Bertz CT molecular complexity index is 581. The highest BCUT2D eigenvalue weighted by atomic mass is 16.2. The van der Waals surface area contributed by atoms with Crippen molar-refractivity contribution in [3.63, 3.8) is 0 Å². The number of hydrogen-bond acceptors (Lipinski definition) is 3. The molecule has 0 amide bonds. The second-order valence-corrected chi connectivity index (χ2v) is 3.73. The van der Waals surface area contributed by atoms with Gasteiger partial charge in [-0.3, -0.25) is 9.97 Å². The molecular weight excluding hydrogens is 222 g/mol. The smallest absolute Gasteiger partial charge is 0.257 e. The fraction of sp³-hybridized carbons (Fsp3) is 0.400. The number of hydrogen-bond donors (Lipinski definition) is 2. The molecule has 0 radical (unpaired) electrons. The van der Waals surface area contributed by atoms with Gasteiger partial charge in [-0.05, 0) is 6.42 Å². The molecule has 2 aromatic heterocycles. The molecule has 0 aliphatic heterocycles. The maximum atomic E-state index is 11.1. The lowest BCUT2D eigenvalue weighted by Crippen LogP contribution is -2.31. The van der Waals surface area contributed by atoms with Crippen LogP contribution in [0.5, 0.6) is 0 Å². The van der Waals surface area contributed by atoms with Gasteiger partial charge in [0.25, 0.3) is 6.33 Å². The van der Waals surface area contributed by atoms with Crippen LogP contribution in [0, 0.1) is 0 Å². The van der Waals surface area contributed by atoms with E-state index in [-0.39, 0.29) is 5.95 Å². The average Bonchev–Trinajstić information content (AvgIpc) is 2.73. The molecule has 0 spiro atoms. The standard InChI is InChI=1S/C10H13N5O2/c1-2-3-4-14-5-6-15(7-14)8-11-9(16)13-10(17)12-8/h5-7H,2-4H2,1H3,(H-,11,12,13,16,17)/p+1. The summed E-state index contributed by atoms with van der Waals surface area (Å²) in [6.07, 6.45) is 7.59. The fourth-order valence-corrected chi connectivity index (χ4v) is 1.50. The molecule has 0 aliphatic rings. The third-order valence-electron chi connectivity index (χ3n) is 2.36. The van der Waals surface area contributed by atoms with Crippen LogP contribution in [0.25, 0.3) is 5.95 Å². The summed E-state index contributed by atoms with van der Waals surface area (Å²) >= 11 is 0. The lowest BCUT2D eigenvalue weighted by molar-refractivity contribution is -0.696. The van der Waals surface area contributed by atoms with Gasteiger partial charge in [-0.15, -0.1) is 4.98 Å². The first-order valence-electron chi connectivity index (χ1n) is 5.47. The van der Waals surface area contributed by atoms with Crippen LogP contribution in [0.1, 0.15) is 19.8 Å². The van der Waals surface area contributed by atoms with E-state index in [4.69, 9.17) is 0 Å². The van der Waals surface area contributed by atoms with Crippen molar-refractivity contribution in [2.24, 2.45) is 0 Å². The van der Waals surface area contributed by atoms with Crippen molar-refractivity contribution < 1.29 is 4.57 Å². The van der Waals surface area contributed by atoms with Crippen molar-refractivity contribution >= 4 is 0 Å². The van der Waals surface area contributed by atoms with E-state index in [0.29, 0.717) is 0 Å². The summed E-state index contributed by atoms with van der Waals surface area (Å²) in [5, 5.41) is 0. The molecule has 90 valence electrons. The van der Waals surface area contributed by atoms with Crippen molar-refractivity contribution in [2.45, 2.75) is 26.3 Å². The van der Waals surface area contributed by atoms with Crippen LogP contribution >= 0.6 is 0 Å². The van der Waals surface area contributed by atoms with Crippen LogP contribution in [0.2, 0.25) is 0 Å². The highest BCUT2D eigenvalue weighted by molar-refractivity contribution is 5.05. The molecule has 2 N–H and O–H groups in total. The highest BCUT2D eigenvalue weighted by Gasteiger charge is 2.09. The number of nitrogens with one attached hydrogen (secondary N) is 2. The van der Waals surface area contributed by atoms with Gasteiger partial charge in [0, 0.05) is 0 Å². The first kappa shape index (κ1) is 11.3. The van der Waals surface area contributed by atoms with E-state index >= 15 is 0 Å². The van der Waals surface area contributed by atoms with E-state index in [1.54, 1.807) is 17.1 Å². The minimum absolute atomic E-state index is 0.217. The molecule has 7 heteroatoms. The monoisotopic (exact) mass is 236 g/mol. The minimum atomic E-state index is -0.655. The van der Waals surface area contributed by atoms with Crippen molar-refractivity contribution in [2.75, 3.05) is 0 Å². The van der Waals surface area contributed by atoms with Crippen LogP contribution in [-0.2, 0) is 6.54 Å². The van der Waals surface area contributed by atoms with Gasteiger partial charge in [0.05, 0.1) is 6.54 Å². The molecule has 0 aromatic carbocycles. The zero-order valence-corrected chi connectivity index (χ0v) is 9.51. The largest absolute Gasteiger partial charge is 0.354 e. The molecule has 0 saturated carbocycles. The van der Waals surface area contributed by atoms with Gasteiger partial charge in [0.15, 0.2) is 0 Å². The third kappa shape index (κ3) is 2.68. The van der Waals surface area contributed by atoms with Gasteiger partial charge in [-0.25, -0.2) is 14.2 Å². The quantitative estimate of drug-likeness (QED) is 0.690. The van der Waals surface area contributed by atoms with Crippen molar-refractivity contribution in [3.8, 4) is 5.95 Å². The summed E-state index contributed by atoms with van der Waals surface area (Å²) in [7, 11) is 0. The Morgan fingerprint density at radius 2 is 2.24 bits per heavy atom. The Kier molecular flexibility index (Phi) is 3.17. The summed E-state index contributed by atoms with van der Waals surface area (Å²) in [6.45, 7) is 3.02. The molecule has 0 unspecified atom stereocenters. The van der Waals surface area contributed by atoms with Crippen molar-refractivity contribution in [3.05, 3.63) is 39.7 Å². The third-order valence-corrected chi connectivity index (χ3v) is 2.36. The zero-order valence-electron chi connectivity index (χ0n) is 9.51. The van der Waals surface area contributed by atoms with E-state index in [2.05, 4.69) is 16.9 Å². The lowest BCUT2D eigenvalue weighted by Gasteiger charge is -1.93. The normalized spacial score (nSPS) is 10.6. The van der Waals surface area contributed by atoms with E-state index in [1.165, 1.54) is 0 Å². The zero-order chi connectivity index (χ0) is 12.3. The predicted octanol–water partition coefficient (Wildman–Crippen LogP) is -0.663. The van der Waals surface area contributed by atoms with Crippen molar-refractivity contribution in [1.82, 2.24) is 19.5 Å². The molecule has 0 bridgehead atoms. The number of aryl methyl sites for hydroxylation is 1. The van der Waals surface area contributed by atoms with Gasteiger partial charge in [0.1, 0.15) is 12.4 Å². The summed E-state index contributed by atoms with van der Waals surface area (Å²) in [4.78, 5) is 30.3. The highest BCUT2D eigenvalue weighted by Crippen LogP contribution is 1.93. The van der Waals surface area contributed by atoms with Crippen LogP contribution in [0.3, 0.4) is 0 Å². The fourth-order valence-electron chi connectivity index (χ4n) is 1.50. The minimum Gasteiger partial charge on any atom is -0.257 e. The lowest BCUT2D eigenvalue weighted by atomic mass is 10.3. The maximum Gasteiger partial charge on any atom is 0.354 e. The van der Waals surface area contributed by atoms with Gasteiger partial charge >= 0.3 is 17.3 Å². The summed E-state index contributed by atoms with van der Waals surface area (Å²) in [6, 6.07) is 0. The molecule has 0 saturated heterocycles. The maximum absolute atomic E-state index is 11.1. The Morgan fingerprint density at radius 1 is 1.41 bits per heavy atom. The van der Waals surface area contributed by atoms with Gasteiger partial charge in [-0.1, -0.05) is 13.3 Å². The van der Waals surface area contributed by atoms with Gasteiger partial charge in [0.2, 0.25) is 0 Å². The Hall–Kier alpha value is -2.18. The Morgan fingerprint density at radius 3 is 2.94 bits per heavy atom. The summed E-state index contributed by atoms with van der Waals surface area (Å²) in [5.41, 5.74) is -1.22. The first-order chi connectivity index (χ1) is 8.19. The van der Waals surface area contributed by atoms with E-state index < -0.39 is 11.4 Å². The van der Waals surface area contributed by atoms with Crippen LogP contribution in [-0.4, -0.2) is 19.5 Å². The number of unbranched alkanes of at least 4 members (excludes halogenated alkanes) is 1. The molecule has 2 heterocycles. The number of rotatable bonds is 4. The second kappa shape index (κ2) is 4.77.